The summed E-state index contributed by atoms with van der Waals surface area (Å²) in [6, 6.07) is -0.472. The normalized spacial score (nSPS) is 39.5. The van der Waals surface area contributed by atoms with Crippen LogP contribution in [0.2, 0.25) is 0 Å². The van der Waals surface area contributed by atoms with E-state index in [1.165, 1.54) is 11.8 Å². The predicted octanol–water partition coefficient (Wildman–Crippen LogP) is -0.800. The second-order valence-electron chi connectivity index (χ2n) is 4.66. The molecule has 1 aliphatic carbocycles. The molecular formula is C11H13NO5. The number of hydrogen-bond donors (Lipinski definition) is 2. The van der Waals surface area contributed by atoms with Crippen molar-refractivity contribution in [2.75, 3.05) is 6.54 Å². The first-order valence-corrected chi connectivity index (χ1v) is 5.60. The number of piperidine rings is 1. The fourth-order valence-corrected chi connectivity index (χ4v) is 3.05. The number of hydrogen-bond acceptors (Lipinski definition) is 5. The molecule has 3 aliphatic rings. The number of carbonyl (C=O) groups is 2. The lowest BCUT2D eigenvalue weighted by Gasteiger charge is -2.32. The van der Waals surface area contributed by atoms with Crippen LogP contribution in [0.4, 0.5) is 4.79 Å². The lowest BCUT2D eigenvalue weighted by atomic mass is 9.93. The van der Waals surface area contributed by atoms with E-state index < -0.39 is 30.4 Å². The molecule has 2 saturated heterocycles. The average molecular weight is 239 g/mol. The van der Waals surface area contributed by atoms with E-state index in [0.29, 0.717) is 18.5 Å². The molecule has 0 aromatic carbocycles. The van der Waals surface area contributed by atoms with Gasteiger partial charge in [0.15, 0.2) is 11.9 Å². The Morgan fingerprint density at radius 2 is 2.18 bits per heavy atom. The van der Waals surface area contributed by atoms with Crippen LogP contribution in [0.1, 0.15) is 13.3 Å². The Morgan fingerprint density at radius 1 is 1.47 bits per heavy atom. The Bertz CT molecular complexity index is 443. The number of Topliss-reactive ketones (excluding diaryl/α,β-unsaturated/α-hetero) is 1. The van der Waals surface area contributed by atoms with Crippen LogP contribution >= 0.6 is 0 Å². The highest BCUT2D eigenvalue weighted by Crippen LogP contribution is 2.43. The number of amides is 1. The zero-order valence-corrected chi connectivity index (χ0v) is 9.29. The van der Waals surface area contributed by atoms with E-state index in [9.17, 15) is 19.8 Å². The molecular weight excluding hydrogens is 226 g/mol. The maximum Gasteiger partial charge on any atom is 0.410 e. The van der Waals surface area contributed by atoms with Crippen molar-refractivity contribution in [2.45, 2.75) is 37.7 Å². The maximum atomic E-state index is 11.5. The fraction of sp³-hybridized carbons (Fsp3) is 0.636. The summed E-state index contributed by atoms with van der Waals surface area (Å²) in [6.45, 7) is 1.74. The molecule has 0 saturated carbocycles. The van der Waals surface area contributed by atoms with E-state index >= 15 is 0 Å². The van der Waals surface area contributed by atoms with Crippen molar-refractivity contribution in [1.82, 2.24) is 4.90 Å². The first-order valence-electron chi connectivity index (χ1n) is 5.60. The van der Waals surface area contributed by atoms with Gasteiger partial charge in [0.25, 0.3) is 0 Å². The third-order valence-corrected chi connectivity index (χ3v) is 3.74. The molecule has 2 fully saturated rings. The van der Waals surface area contributed by atoms with Gasteiger partial charge >= 0.3 is 6.09 Å². The summed E-state index contributed by atoms with van der Waals surface area (Å²) in [6.07, 6.45) is -2.74. The van der Waals surface area contributed by atoms with Crippen molar-refractivity contribution in [3.05, 3.63) is 11.1 Å². The number of aliphatic hydroxyl groups is 2. The number of nitrogens with zero attached hydrogens (tertiary/aromatic N) is 1. The molecule has 2 heterocycles. The van der Waals surface area contributed by atoms with Gasteiger partial charge < -0.3 is 14.9 Å². The maximum absolute atomic E-state index is 11.5. The standard InChI is InChI=1S/C11H13NO5/c1-4(13)6-7-5(14)2-3-12-8(7)10(9(6)15)17-11(12)16/h5,8-10,14-15H,2-3H2,1H3/t5-,8-,9-,10-/m1/s1. The molecule has 0 unspecified atom stereocenters. The van der Waals surface area contributed by atoms with Gasteiger partial charge in [0.1, 0.15) is 6.10 Å². The van der Waals surface area contributed by atoms with E-state index in [0.717, 1.165) is 0 Å². The van der Waals surface area contributed by atoms with Gasteiger partial charge in [-0.15, -0.1) is 0 Å². The van der Waals surface area contributed by atoms with Gasteiger partial charge in [0.05, 0.1) is 12.1 Å². The molecule has 0 aromatic rings. The smallest absolute Gasteiger partial charge is 0.410 e. The highest BCUT2D eigenvalue weighted by atomic mass is 16.6. The summed E-state index contributed by atoms with van der Waals surface area (Å²) in [5.74, 6) is -0.279. The summed E-state index contributed by atoms with van der Waals surface area (Å²) in [5.41, 5.74) is 0.678. The number of carbonyl (C=O) groups excluding carboxylic acids is 2. The van der Waals surface area contributed by atoms with Crippen LogP contribution in [-0.2, 0) is 9.53 Å². The summed E-state index contributed by atoms with van der Waals surface area (Å²) in [4.78, 5) is 24.5. The molecule has 6 heteroatoms. The lowest BCUT2D eigenvalue weighted by molar-refractivity contribution is -0.115. The summed E-state index contributed by atoms with van der Waals surface area (Å²) >= 11 is 0. The minimum Gasteiger partial charge on any atom is -0.440 e. The van der Waals surface area contributed by atoms with E-state index in [2.05, 4.69) is 0 Å². The largest absolute Gasteiger partial charge is 0.440 e. The second kappa shape index (κ2) is 3.30. The Hall–Kier alpha value is -1.40. The molecule has 17 heavy (non-hydrogen) atoms. The summed E-state index contributed by atoms with van der Waals surface area (Å²) < 4.78 is 5.07. The molecule has 2 N–H and O–H groups in total. The fourth-order valence-electron chi connectivity index (χ4n) is 3.05. The van der Waals surface area contributed by atoms with Gasteiger partial charge in [-0.25, -0.2) is 4.79 Å². The van der Waals surface area contributed by atoms with Crippen LogP contribution in [-0.4, -0.2) is 57.9 Å². The van der Waals surface area contributed by atoms with Gasteiger partial charge in [-0.3, -0.25) is 9.69 Å². The van der Waals surface area contributed by atoms with Gasteiger partial charge in [0, 0.05) is 12.1 Å². The molecule has 3 rings (SSSR count). The Balaban J connectivity index is 2.13. The summed E-state index contributed by atoms with van der Waals surface area (Å²) in [5, 5.41) is 20.0. The molecule has 0 spiro atoms. The molecule has 0 radical (unpaired) electrons. The Kier molecular flexibility index (Phi) is 2.08. The first kappa shape index (κ1) is 10.7. The van der Waals surface area contributed by atoms with Gasteiger partial charge in [-0.2, -0.15) is 0 Å². The molecule has 4 atom stereocenters. The quantitative estimate of drug-likeness (QED) is 0.625. The third-order valence-electron chi connectivity index (χ3n) is 3.74. The highest BCUT2D eigenvalue weighted by molar-refractivity contribution is 5.97. The van der Waals surface area contributed by atoms with E-state index in [-0.39, 0.29) is 11.4 Å². The average Bonchev–Trinajstić information content (AvgIpc) is 2.72. The minimum atomic E-state index is -1.12. The molecule has 6 nitrogen and oxygen atoms in total. The number of aliphatic hydroxyl groups excluding tert-OH is 2. The lowest BCUT2D eigenvalue weighted by Crippen LogP contribution is -2.46. The van der Waals surface area contributed by atoms with Crippen LogP contribution in [0, 0.1) is 0 Å². The number of rotatable bonds is 1. The van der Waals surface area contributed by atoms with Crippen LogP contribution < -0.4 is 0 Å². The topological polar surface area (TPSA) is 87.1 Å². The zero-order chi connectivity index (χ0) is 12.3. The predicted molar refractivity (Wildman–Crippen MR) is 55.1 cm³/mol. The molecule has 1 amide bonds. The van der Waals surface area contributed by atoms with Gasteiger partial charge in [-0.1, -0.05) is 0 Å². The number of ketones is 1. The van der Waals surface area contributed by atoms with Gasteiger partial charge in [0.2, 0.25) is 0 Å². The van der Waals surface area contributed by atoms with Crippen molar-refractivity contribution in [3.63, 3.8) is 0 Å². The minimum absolute atomic E-state index is 0.213. The zero-order valence-electron chi connectivity index (χ0n) is 9.29. The van der Waals surface area contributed by atoms with E-state index in [4.69, 9.17) is 4.74 Å². The highest BCUT2D eigenvalue weighted by Gasteiger charge is 2.57. The second-order valence-corrected chi connectivity index (χ2v) is 4.66. The molecule has 2 aliphatic heterocycles. The van der Waals surface area contributed by atoms with Crippen molar-refractivity contribution in [3.8, 4) is 0 Å². The SMILES string of the molecule is CC(=O)C1=C2[C@H](O)CCN3C(=O)O[C@@H]([C@@H]1O)[C@@H]23. The van der Waals surface area contributed by atoms with Crippen LogP contribution in [0.15, 0.2) is 11.1 Å². The third kappa shape index (κ3) is 1.22. The van der Waals surface area contributed by atoms with Gasteiger partial charge in [-0.05, 0) is 18.9 Å². The van der Waals surface area contributed by atoms with Crippen molar-refractivity contribution in [1.29, 1.82) is 0 Å². The molecule has 0 aromatic heterocycles. The van der Waals surface area contributed by atoms with Crippen LogP contribution in [0.25, 0.3) is 0 Å². The molecule has 0 bridgehead atoms. The van der Waals surface area contributed by atoms with Crippen molar-refractivity contribution >= 4 is 11.9 Å². The monoisotopic (exact) mass is 239 g/mol. The Morgan fingerprint density at radius 3 is 2.82 bits per heavy atom. The van der Waals surface area contributed by atoms with Crippen LogP contribution in [0.5, 0.6) is 0 Å². The Labute approximate surface area is 97.5 Å². The van der Waals surface area contributed by atoms with Crippen LogP contribution in [0.3, 0.4) is 0 Å². The van der Waals surface area contributed by atoms with Crippen molar-refractivity contribution < 1.29 is 24.5 Å². The molecule has 92 valence electrons. The van der Waals surface area contributed by atoms with E-state index in [1.807, 2.05) is 0 Å². The van der Waals surface area contributed by atoms with Crippen molar-refractivity contribution in [2.24, 2.45) is 0 Å². The number of ether oxygens (including phenoxy) is 1. The summed E-state index contributed by atoms with van der Waals surface area (Å²) in [7, 11) is 0. The first-order chi connectivity index (χ1) is 8.02. The van der Waals surface area contributed by atoms with E-state index in [1.54, 1.807) is 0 Å².